The van der Waals surface area contributed by atoms with Crippen LogP contribution in [0.4, 0.5) is 8.78 Å². The summed E-state index contributed by atoms with van der Waals surface area (Å²) in [6.45, 7) is 7.88. The Hall–Kier alpha value is -0.600. The lowest BCUT2D eigenvalue weighted by molar-refractivity contribution is 0.0114. The van der Waals surface area contributed by atoms with Crippen LogP contribution in [0.5, 0.6) is 0 Å². The average molecular weight is 187 g/mol. The van der Waals surface area contributed by atoms with E-state index in [2.05, 4.69) is 13.5 Å². The summed E-state index contributed by atoms with van der Waals surface area (Å²) in [6.07, 6.45) is 0.0114. The molecule has 0 N–H and O–H groups in total. The Balaban J connectivity index is 2.23. The Labute approximate surface area is 77.4 Å². The number of hydrogen-bond donors (Lipinski definition) is 0. The number of halogens is 2. The van der Waals surface area contributed by atoms with Gasteiger partial charge in [0.25, 0.3) is 5.92 Å². The summed E-state index contributed by atoms with van der Waals surface area (Å²) in [5.74, 6) is -1.82. The van der Waals surface area contributed by atoms with Crippen LogP contribution in [0.3, 0.4) is 0 Å². The number of allylic oxidation sites excluding steroid dienone is 1. The SMILES string of the molecule is C=C1C(C)C(C)C2CC(F)(F)CN12. The molecule has 3 heteroatoms. The summed E-state index contributed by atoms with van der Waals surface area (Å²) in [5.41, 5.74) is 0.898. The molecule has 0 aliphatic carbocycles. The van der Waals surface area contributed by atoms with E-state index in [9.17, 15) is 8.78 Å². The van der Waals surface area contributed by atoms with Gasteiger partial charge in [0.2, 0.25) is 0 Å². The zero-order chi connectivity index (χ0) is 9.80. The summed E-state index contributed by atoms with van der Waals surface area (Å²) in [7, 11) is 0. The molecule has 3 atom stereocenters. The van der Waals surface area contributed by atoms with Crippen molar-refractivity contribution < 1.29 is 8.78 Å². The maximum Gasteiger partial charge on any atom is 0.267 e. The van der Waals surface area contributed by atoms with Crippen molar-refractivity contribution in [2.24, 2.45) is 11.8 Å². The Kier molecular flexibility index (Phi) is 1.70. The molecule has 2 aliphatic heterocycles. The fourth-order valence-corrected chi connectivity index (χ4v) is 2.53. The second-order valence-electron chi connectivity index (χ2n) is 4.39. The maximum atomic E-state index is 13.1. The molecule has 0 aromatic carbocycles. The predicted octanol–water partition coefficient (Wildman–Crippen LogP) is 2.50. The summed E-state index contributed by atoms with van der Waals surface area (Å²) < 4.78 is 26.1. The molecule has 74 valence electrons. The minimum atomic E-state index is -2.50. The number of nitrogens with zero attached hydrogens (tertiary/aromatic N) is 1. The van der Waals surface area contributed by atoms with Crippen molar-refractivity contribution >= 4 is 0 Å². The second-order valence-corrected chi connectivity index (χ2v) is 4.39. The van der Waals surface area contributed by atoms with Gasteiger partial charge in [-0.2, -0.15) is 0 Å². The van der Waals surface area contributed by atoms with Crippen LogP contribution in [0.2, 0.25) is 0 Å². The summed E-state index contributed by atoms with van der Waals surface area (Å²) in [4.78, 5) is 1.80. The quantitative estimate of drug-likeness (QED) is 0.563. The van der Waals surface area contributed by atoms with Gasteiger partial charge in [-0.1, -0.05) is 20.4 Å². The Morgan fingerprint density at radius 3 is 2.62 bits per heavy atom. The standard InChI is InChI=1S/C10H15F2N/c1-6-7(2)9-4-10(11,12)5-13(9)8(6)3/h6-7,9H,3-5H2,1-2H3. The van der Waals surface area contributed by atoms with E-state index in [1.165, 1.54) is 0 Å². The average Bonchev–Trinajstić information content (AvgIpc) is 2.44. The molecule has 2 saturated heterocycles. The molecule has 2 fully saturated rings. The summed E-state index contributed by atoms with van der Waals surface area (Å²) in [6, 6.07) is 0.0255. The highest BCUT2D eigenvalue weighted by Crippen LogP contribution is 2.47. The van der Waals surface area contributed by atoms with Crippen LogP contribution in [-0.2, 0) is 0 Å². The minimum absolute atomic E-state index is 0.0114. The van der Waals surface area contributed by atoms with Crippen molar-refractivity contribution in [2.75, 3.05) is 6.54 Å². The monoisotopic (exact) mass is 187 g/mol. The lowest BCUT2D eigenvalue weighted by Gasteiger charge is -2.18. The molecule has 0 spiro atoms. The molecule has 1 nitrogen and oxygen atoms in total. The first-order chi connectivity index (χ1) is 5.92. The third-order valence-electron chi connectivity index (χ3n) is 3.60. The number of rotatable bonds is 0. The minimum Gasteiger partial charge on any atom is -0.366 e. The maximum absolute atomic E-state index is 13.1. The highest BCUT2D eigenvalue weighted by Gasteiger charge is 2.52. The van der Waals surface area contributed by atoms with Gasteiger partial charge < -0.3 is 4.90 Å². The zero-order valence-electron chi connectivity index (χ0n) is 8.06. The topological polar surface area (TPSA) is 3.24 Å². The van der Waals surface area contributed by atoms with Crippen LogP contribution in [0.15, 0.2) is 12.3 Å². The van der Waals surface area contributed by atoms with Crippen molar-refractivity contribution in [3.63, 3.8) is 0 Å². The second kappa shape index (κ2) is 2.46. The van der Waals surface area contributed by atoms with Crippen LogP contribution < -0.4 is 0 Å². The molecule has 2 heterocycles. The normalized spacial score (nSPS) is 42.6. The zero-order valence-corrected chi connectivity index (χ0v) is 8.06. The highest BCUT2D eigenvalue weighted by molar-refractivity contribution is 5.16. The molecule has 0 amide bonds. The molecule has 0 radical (unpaired) electrons. The van der Waals surface area contributed by atoms with E-state index in [-0.39, 0.29) is 19.0 Å². The summed E-state index contributed by atoms with van der Waals surface area (Å²) in [5, 5.41) is 0. The first-order valence-electron chi connectivity index (χ1n) is 4.75. The van der Waals surface area contributed by atoms with E-state index in [1.807, 2.05) is 6.92 Å². The first-order valence-corrected chi connectivity index (χ1v) is 4.75. The fourth-order valence-electron chi connectivity index (χ4n) is 2.53. The third-order valence-corrected chi connectivity index (χ3v) is 3.60. The molecule has 0 aromatic heterocycles. The smallest absolute Gasteiger partial charge is 0.267 e. The summed E-state index contributed by atoms with van der Waals surface area (Å²) >= 11 is 0. The van der Waals surface area contributed by atoms with Gasteiger partial charge in [0, 0.05) is 18.2 Å². The van der Waals surface area contributed by atoms with Gasteiger partial charge in [-0.05, 0) is 11.8 Å². The lowest BCUT2D eigenvalue weighted by Crippen LogP contribution is -2.24. The lowest BCUT2D eigenvalue weighted by atomic mass is 9.91. The Morgan fingerprint density at radius 2 is 2.08 bits per heavy atom. The van der Waals surface area contributed by atoms with Crippen molar-refractivity contribution in [3.8, 4) is 0 Å². The van der Waals surface area contributed by atoms with Crippen molar-refractivity contribution in [3.05, 3.63) is 12.3 Å². The Bertz CT molecular complexity index is 249. The largest absolute Gasteiger partial charge is 0.366 e. The first kappa shape index (κ1) is 8.97. The fraction of sp³-hybridized carbons (Fsp3) is 0.800. The molecule has 0 bridgehead atoms. The third kappa shape index (κ3) is 1.17. The number of alkyl halides is 2. The van der Waals surface area contributed by atoms with Gasteiger partial charge in [0.1, 0.15) is 0 Å². The van der Waals surface area contributed by atoms with Gasteiger partial charge in [-0.25, -0.2) is 8.78 Å². The Morgan fingerprint density at radius 1 is 1.46 bits per heavy atom. The van der Waals surface area contributed by atoms with E-state index < -0.39 is 5.92 Å². The van der Waals surface area contributed by atoms with E-state index in [0.29, 0.717) is 11.8 Å². The van der Waals surface area contributed by atoms with Gasteiger partial charge in [-0.3, -0.25) is 0 Å². The van der Waals surface area contributed by atoms with E-state index in [0.717, 1.165) is 5.70 Å². The molecule has 0 saturated carbocycles. The van der Waals surface area contributed by atoms with E-state index in [1.54, 1.807) is 4.90 Å². The van der Waals surface area contributed by atoms with Crippen LogP contribution in [0.1, 0.15) is 20.3 Å². The van der Waals surface area contributed by atoms with Crippen LogP contribution in [-0.4, -0.2) is 23.4 Å². The van der Waals surface area contributed by atoms with Gasteiger partial charge in [0.15, 0.2) is 0 Å². The van der Waals surface area contributed by atoms with Crippen LogP contribution >= 0.6 is 0 Å². The molecular formula is C10H15F2N. The van der Waals surface area contributed by atoms with Crippen LogP contribution in [0.25, 0.3) is 0 Å². The van der Waals surface area contributed by atoms with E-state index >= 15 is 0 Å². The highest BCUT2D eigenvalue weighted by atomic mass is 19.3. The molecule has 0 aromatic rings. The molecule has 2 aliphatic rings. The number of hydrogen-bond acceptors (Lipinski definition) is 1. The number of fused-ring (bicyclic) bond motifs is 1. The van der Waals surface area contributed by atoms with Crippen molar-refractivity contribution in [2.45, 2.75) is 32.2 Å². The van der Waals surface area contributed by atoms with Crippen LogP contribution in [0, 0.1) is 11.8 Å². The van der Waals surface area contributed by atoms with Crippen molar-refractivity contribution in [1.82, 2.24) is 4.90 Å². The molecular weight excluding hydrogens is 172 g/mol. The van der Waals surface area contributed by atoms with E-state index in [4.69, 9.17) is 0 Å². The van der Waals surface area contributed by atoms with Gasteiger partial charge >= 0.3 is 0 Å². The van der Waals surface area contributed by atoms with Crippen molar-refractivity contribution in [1.29, 1.82) is 0 Å². The predicted molar refractivity (Wildman–Crippen MR) is 47.5 cm³/mol. The van der Waals surface area contributed by atoms with Gasteiger partial charge in [-0.15, -0.1) is 0 Å². The molecule has 13 heavy (non-hydrogen) atoms. The molecule has 2 rings (SSSR count). The molecule has 3 unspecified atom stereocenters. The van der Waals surface area contributed by atoms with Gasteiger partial charge in [0.05, 0.1) is 6.54 Å².